The Balaban J connectivity index is 1.96. The molecular weight excluding hydrogens is 304 g/mol. The Morgan fingerprint density at radius 3 is 2.50 bits per heavy atom. The van der Waals surface area contributed by atoms with E-state index in [2.05, 4.69) is 29.8 Å². The Kier molecular flexibility index (Phi) is 5.21. The minimum absolute atomic E-state index is 0.295. The fraction of sp³-hybridized carbons (Fsp3) is 0.579. The average Bonchev–Trinajstić information content (AvgIpc) is 3.21. The lowest BCUT2D eigenvalue weighted by Crippen LogP contribution is -2.46. The Bertz CT molecular complexity index is 661. The van der Waals surface area contributed by atoms with E-state index < -0.39 is 12.1 Å². The van der Waals surface area contributed by atoms with Gasteiger partial charge in [-0.25, -0.2) is 4.79 Å². The van der Waals surface area contributed by atoms with Crippen molar-refractivity contribution in [3.63, 3.8) is 0 Å². The zero-order chi connectivity index (χ0) is 18.1. The molecule has 5 heteroatoms. The van der Waals surface area contributed by atoms with Gasteiger partial charge >= 0.3 is 5.97 Å². The molecule has 1 aromatic heterocycles. The molecule has 0 aromatic carbocycles. The molecule has 0 saturated heterocycles. The maximum atomic E-state index is 12.0. The van der Waals surface area contributed by atoms with Crippen LogP contribution in [-0.4, -0.2) is 28.1 Å². The second-order valence-electron chi connectivity index (χ2n) is 7.58. The number of amides is 1. The van der Waals surface area contributed by atoms with Gasteiger partial charge in [0.15, 0.2) is 6.10 Å². The molecule has 0 radical (unpaired) electrons. The first-order valence-electron chi connectivity index (χ1n) is 8.47. The number of rotatable bonds is 5. The fourth-order valence-corrected chi connectivity index (χ4v) is 2.76. The molecule has 0 unspecified atom stereocenters. The summed E-state index contributed by atoms with van der Waals surface area (Å²) >= 11 is 0. The van der Waals surface area contributed by atoms with Gasteiger partial charge in [0.05, 0.1) is 0 Å². The smallest absolute Gasteiger partial charge is 0.331 e. The average molecular weight is 332 g/mol. The number of nitrogens with zero attached hydrogens (tertiary/aromatic N) is 1. The number of aromatic nitrogens is 1. The Morgan fingerprint density at radius 2 is 1.96 bits per heavy atom. The largest absolute Gasteiger partial charge is 0.449 e. The molecule has 1 saturated carbocycles. The van der Waals surface area contributed by atoms with Gasteiger partial charge in [0.25, 0.3) is 5.91 Å². The van der Waals surface area contributed by atoms with Gasteiger partial charge < -0.3 is 14.6 Å². The molecule has 0 aliphatic heterocycles. The van der Waals surface area contributed by atoms with E-state index in [1.165, 1.54) is 24.6 Å². The van der Waals surface area contributed by atoms with Crippen molar-refractivity contribution < 1.29 is 14.3 Å². The third kappa shape index (κ3) is 4.73. The molecule has 0 spiro atoms. The SMILES string of the molecule is Cc1cc(/C=C/C(=O)O[C@@H](C)C(=O)NC(C)(C)C)c(C)n1C1CC1. The van der Waals surface area contributed by atoms with Crippen LogP contribution in [0.25, 0.3) is 6.08 Å². The van der Waals surface area contributed by atoms with Gasteiger partial charge in [0.2, 0.25) is 0 Å². The van der Waals surface area contributed by atoms with Crippen molar-refractivity contribution in [3.8, 4) is 0 Å². The van der Waals surface area contributed by atoms with E-state index in [9.17, 15) is 9.59 Å². The Labute approximate surface area is 144 Å². The molecule has 1 N–H and O–H groups in total. The molecule has 1 aromatic rings. The fourth-order valence-electron chi connectivity index (χ4n) is 2.76. The third-order valence-corrected chi connectivity index (χ3v) is 3.99. The molecule has 2 rings (SSSR count). The lowest BCUT2D eigenvalue weighted by Gasteiger charge is -2.22. The second-order valence-corrected chi connectivity index (χ2v) is 7.58. The first-order valence-corrected chi connectivity index (χ1v) is 8.47. The number of hydrogen-bond acceptors (Lipinski definition) is 3. The minimum atomic E-state index is -0.819. The molecule has 1 atom stereocenters. The number of aryl methyl sites for hydroxylation is 1. The van der Waals surface area contributed by atoms with Gasteiger partial charge in [-0.3, -0.25) is 4.79 Å². The van der Waals surface area contributed by atoms with Crippen molar-refractivity contribution in [2.24, 2.45) is 0 Å². The number of esters is 1. The van der Waals surface area contributed by atoms with Crippen LogP contribution >= 0.6 is 0 Å². The molecule has 1 aliphatic carbocycles. The summed E-state index contributed by atoms with van der Waals surface area (Å²) in [6.07, 6.45) is 4.78. The summed E-state index contributed by atoms with van der Waals surface area (Å²) in [5.74, 6) is -0.807. The van der Waals surface area contributed by atoms with E-state index in [1.54, 1.807) is 13.0 Å². The first-order chi connectivity index (χ1) is 11.1. The van der Waals surface area contributed by atoms with E-state index >= 15 is 0 Å². The normalized spacial score (nSPS) is 16.2. The molecule has 1 amide bonds. The van der Waals surface area contributed by atoms with Crippen LogP contribution in [0.4, 0.5) is 0 Å². The summed E-state index contributed by atoms with van der Waals surface area (Å²) in [7, 11) is 0. The van der Waals surface area contributed by atoms with Crippen LogP contribution < -0.4 is 5.32 Å². The van der Waals surface area contributed by atoms with E-state index in [0.29, 0.717) is 6.04 Å². The van der Waals surface area contributed by atoms with Crippen molar-refractivity contribution in [2.45, 2.75) is 72.1 Å². The maximum Gasteiger partial charge on any atom is 0.331 e. The van der Waals surface area contributed by atoms with Gasteiger partial charge in [-0.05, 0) is 72.1 Å². The number of ether oxygens (including phenoxy) is 1. The van der Waals surface area contributed by atoms with Gasteiger partial charge in [-0.15, -0.1) is 0 Å². The predicted molar refractivity (Wildman–Crippen MR) is 94.7 cm³/mol. The molecule has 1 aliphatic rings. The maximum absolute atomic E-state index is 12.0. The van der Waals surface area contributed by atoms with Crippen LogP contribution in [0.2, 0.25) is 0 Å². The van der Waals surface area contributed by atoms with Crippen LogP contribution in [0, 0.1) is 13.8 Å². The minimum Gasteiger partial charge on any atom is -0.449 e. The summed E-state index contributed by atoms with van der Waals surface area (Å²) in [6.45, 7) is 11.4. The van der Waals surface area contributed by atoms with Crippen molar-refractivity contribution >= 4 is 18.0 Å². The second kappa shape index (κ2) is 6.83. The molecule has 1 heterocycles. The number of carbonyl (C=O) groups is 2. The predicted octanol–water partition coefficient (Wildman–Crippen LogP) is 3.30. The van der Waals surface area contributed by atoms with Gasteiger partial charge in [-0.1, -0.05) is 0 Å². The van der Waals surface area contributed by atoms with Crippen molar-refractivity contribution in [1.82, 2.24) is 9.88 Å². The summed E-state index contributed by atoms with van der Waals surface area (Å²) in [6, 6.07) is 2.69. The van der Waals surface area contributed by atoms with Gasteiger partial charge in [0.1, 0.15) is 0 Å². The van der Waals surface area contributed by atoms with E-state index in [0.717, 1.165) is 11.3 Å². The van der Waals surface area contributed by atoms with E-state index in [1.807, 2.05) is 20.8 Å². The summed E-state index contributed by atoms with van der Waals surface area (Å²) in [5, 5.41) is 2.79. The van der Waals surface area contributed by atoms with Crippen LogP contribution in [0.3, 0.4) is 0 Å². The third-order valence-electron chi connectivity index (χ3n) is 3.99. The molecule has 132 valence electrons. The van der Waals surface area contributed by atoms with Gasteiger partial charge in [0, 0.05) is 29.0 Å². The molecule has 0 bridgehead atoms. The first kappa shape index (κ1) is 18.3. The Hall–Kier alpha value is -2.04. The highest BCUT2D eigenvalue weighted by Crippen LogP contribution is 2.38. The lowest BCUT2D eigenvalue weighted by molar-refractivity contribution is -0.150. The topological polar surface area (TPSA) is 60.3 Å². The quantitative estimate of drug-likeness (QED) is 0.665. The van der Waals surface area contributed by atoms with Crippen LogP contribution in [0.1, 0.15) is 63.5 Å². The monoisotopic (exact) mass is 332 g/mol. The molecule has 24 heavy (non-hydrogen) atoms. The highest BCUT2D eigenvalue weighted by molar-refractivity contribution is 5.90. The number of carbonyl (C=O) groups excluding carboxylic acids is 2. The van der Waals surface area contributed by atoms with Crippen LogP contribution in [0.15, 0.2) is 12.1 Å². The van der Waals surface area contributed by atoms with Gasteiger partial charge in [-0.2, -0.15) is 0 Å². The van der Waals surface area contributed by atoms with Crippen molar-refractivity contribution in [1.29, 1.82) is 0 Å². The van der Waals surface area contributed by atoms with Crippen molar-refractivity contribution in [3.05, 3.63) is 29.1 Å². The summed E-state index contributed by atoms with van der Waals surface area (Å²) in [5.41, 5.74) is 3.04. The van der Waals surface area contributed by atoms with Crippen molar-refractivity contribution in [2.75, 3.05) is 0 Å². The standard InChI is InChI=1S/C19H28N2O3/c1-12-11-15(13(2)21(12)16-8-9-16)7-10-17(22)24-14(3)18(23)20-19(4,5)6/h7,10-11,14,16H,8-9H2,1-6H3,(H,20,23)/b10-7+/t14-/m0/s1. The van der Waals surface area contributed by atoms with Crippen LogP contribution in [0.5, 0.6) is 0 Å². The zero-order valence-electron chi connectivity index (χ0n) is 15.5. The number of hydrogen-bond donors (Lipinski definition) is 1. The van der Waals surface area contributed by atoms with E-state index in [-0.39, 0.29) is 11.4 Å². The highest BCUT2D eigenvalue weighted by Gasteiger charge is 2.26. The zero-order valence-corrected chi connectivity index (χ0v) is 15.5. The lowest BCUT2D eigenvalue weighted by atomic mass is 10.1. The molecular formula is C19H28N2O3. The highest BCUT2D eigenvalue weighted by atomic mass is 16.5. The Morgan fingerprint density at radius 1 is 1.33 bits per heavy atom. The van der Waals surface area contributed by atoms with E-state index in [4.69, 9.17) is 4.74 Å². The molecule has 5 nitrogen and oxygen atoms in total. The van der Waals surface area contributed by atoms with Crippen LogP contribution in [-0.2, 0) is 14.3 Å². The summed E-state index contributed by atoms with van der Waals surface area (Å²) in [4.78, 5) is 23.9. The summed E-state index contributed by atoms with van der Waals surface area (Å²) < 4.78 is 7.50. The number of nitrogens with one attached hydrogen (secondary N) is 1. The molecule has 1 fully saturated rings.